The van der Waals surface area contributed by atoms with Crippen LogP contribution in [0.3, 0.4) is 0 Å². The maximum absolute atomic E-state index is 10.8. The number of carboxylic acids is 1. The molecule has 2 rings (SSSR count). The number of rotatable bonds is 7. The lowest BCUT2D eigenvalue weighted by atomic mass is 9.98. The molecular formula is C15H19N3O2S. The Balaban J connectivity index is 1.83. The fourth-order valence-corrected chi connectivity index (χ4v) is 2.76. The molecule has 1 heterocycles. The molecule has 0 aliphatic carbocycles. The summed E-state index contributed by atoms with van der Waals surface area (Å²) in [6.45, 7) is 2.97. The average molecular weight is 305 g/mol. The molecule has 1 aromatic carbocycles. The first-order valence-electron chi connectivity index (χ1n) is 6.80. The van der Waals surface area contributed by atoms with Gasteiger partial charge in [0.1, 0.15) is 6.04 Å². The van der Waals surface area contributed by atoms with Gasteiger partial charge in [0.05, 0.1) is 5.69 Å². The van der Waals surface area contributed by atoms with E-state index in [1.165, 1.54) is 16.9 Å². The molecule has 0 spiro atoms. The lowest BCUT2D eigenvalue weighted by Crippen LogP contribution is -2.21. The van der Waals surface area contributed by atoms with Crippen LogP contribution in [0, 0.1) is 0 Å². The summed E-state index contributed by atoms with van der Waals surface area (Å²) in [5.41, 5.74) is 7.23. The molecule has 6 heteroatoms. The number of benzene rings is 1. The van der Waals surface area contributed by atoms with Gasteiger partial charge in [0.15, 0.2) is 5.13 Å². The van der Waals surface area contributed by atoms with Crippen molar-refractivity contribution in [3.63, 3.8) is 0 Å². The van der Waals surface area contributed by atoms with Crippen molar-refractivity contribution in [3.05, 3.63) is 47.0 Å². The van der Waals surface area contributed by atoms with E-state index in [9.17, 15) is 4.79 Å². The predicted molar refractivity (Wildman–Crippen MR) is 84.6 cm³/mol. The summed E-state index contributed by atoms with van der Waals surface area (Å²) in [5.74, 6) is -0.607. The third-order valence-corrected chi connectivity index (χ3v) is 4.15. The first-order chi connectivity index (χ1) is 10.1. The minimum absolute atomic E-state index is 0.395. The molecule has 0 saturated heterocycles. The minimum atomic E-state index is -1.07. The number of thiazole rings is 1. The summed E-state index contributed by atoms with van der Waals surface area (Å²) in [4.78, 5) is 15.0. The smallest absolute Gasteiger partial charge is 0.326 e. The van der Waals surface area contributed by atoms with Crippen LogP contribution in [0.2, 0.25) is 0 Å². The van der Waals surface area contributed by atoms with E-state index in [1.54, 1.807) is 5.38 Å². The van der Waals surface area contributed by atoms with Gasteiger partial charge in [-0.2, -0.15) is 0 Å². The van der Waals surface area contributed by atoms with Crippen molar-refractivity contribution in [1.29, 1.82) is 0 Å². The number of aliphatic carboxylic acids is 1. The third-order valence-electron chi connectivity index (χ3n) is 3.33. The van der Waals surface area contributed by atoms with Crippen molar-refractivity contribution in [3.8, 4) is 0 Å². The predicted octanol–water partition coefficient (Wildman–Crippen LogP) is 2.83. The summed E-state index contributed by atoms with van der Waals surface area (Å²) >= 11 is 1.38. The van der Waals surface area contributed by atoms with Gasteiger partial charge >= 0.3 is 5.97 Å². The van der Waals surface area contributed by atoms with Crippen LogP contribution < -0.4 is 11.1 Å². The molecule has 21 heavy (non-hydrogen) atoms. The number of nitrogens with one attached hydrogen (secondary N) is 1. The highest BCUT2D eigenvalue weighted by Gasteiger charge is 2.17. The molecule has 0 radical (unpaired) electrons. The van der Waals surface area contributed by atoms with Gasteiger partial charge in [0, 0.05) is 11.9 Å². The summed E-state index contributed by atoms with van der Waals surface area (Å²) in [7, 11) is 0. The zero-order valence-corrected chi connectivity index (χ0v) is 12.6. The molecule has 0 bridgehead atoms. The Morgan fingerprint density at radius 3 is 2.81 bits per heavy atom. The first kappa shape index (κ1) is 15.5. The minimum Gasteiger partial charge on any atom is -0.480 e. The van der Waals surface area contributed by atoms with Gasteiger partial charge in [-0.15, -0.1) is 11.3 Å². The average Bonchev–Trinajstić information content (AvgIpc) is 2.96. The van der Waals surface area contributed by atoms with Crippen LogP contribution in [-0.4, -0.2) is 22.6 Å². The summed E-state index contributed by atoms with van der Waals surface area (Å²) < 4.78 is 0. The molecule has 5 nitrogen and oxygen atoms in total. The van der Waals surface area contributed by atoms with Crippen molar-refractivity contribution in [1.82, 2.24) is 4.98 Å². The second-order valence-electron chi connectivity index (χ2n) is 4.92. The topological polar surface area (TPSA) is 88.2 Å². The molecule has 1 aromatic heterocycles. The van der Waals surface area contributed by atoms with E-state index in [1.807, 2.05) is 18.2 Å². The molecule has 2 atom stereocenters. The number of hydrogen-bond donors (Lipinski definition) is 3. The highest BCUT2D eigenvalue weighted by Crippen LogP contribution is 2.22. The van der Waals surface area contributed by atoms with E-state index in [4.69, 9.17) is 10.8 Å². The number of aromatic nitrogens is 1. The molecule has 0 saturated carbocycles. The lowest BCUT2D eigenvalue weighted by Gasteiger charge is -2.11. The fourth-order valence-electron chi connectivity index (χ4n) is 1.98. The van der Waals surface area contributed by atoms with E-state index < -0.39 is 12.0 Å². The largest absolute Gasteiger partial charge is 0.480 e. The second-order valence-corrected chi connectivity index (χ2v) is 5.78. The molecule has 0 fully saturated rings. The molecule has 112 valence electrons. The Morgan fingerprint density at radius 1 is 1.43 bits per heavy atom. The van der Waals surface area contributed by atoms with Gasteiger partial charge in [0.2, 0.25) is 0 Å². The van der Waals surface area contributed by atoms with Crippen molar-refractivity contribution < 1.29 is 9.90 Å². The van der Waals surface area contributed by atoms with Gasteiger partial charge in [-0.3, -0.25) is 4.79 Å². The number of nitrogens with zero attached hydrogens (tertiary/aromatic N) is 1. The molecule has 0 amide bonds. The summed E-state index contributed by atoms with van der Waals surface area (Å²) in [5, 5.41) is 14.4. The molecule has 0 aliphatic rings. The zero-order chi connectivity index (χ0) is 15.2. The van der Waals surface area contributed by atoms with E-state index in [0.717, 1.165) is 13.0 Å². The van der Waals surface area contributed by atoms with Crippen LogP contribution in [0.4, 0.5) is 5.13 Å². The van der Waals surface area contributed by atoms with Gasteiger partial charge in [0.25, 0.3) is 0 Å². The Hall–Kier alpha value is -1.92. The van der Waals surface area contributed by atoms with Gasteiger partial charge in [-0.1, -0.05) is 37.3 Å². The second kappa shape index (κ2) is 7.19. The van der Waals surface area contributed by atoms with Gasteiger partial charge in [-0.25, -0.2) is 4.98 Å². The third kappa shape index (κ3) is 4.27. The van der Waals surface area contributed by atoms with Crippen molar-refractivity contribution >= 4 is 22.4 Å². The monoisotopic (exact) mass is 305 g/mol. The van der Waals surface area contributed by atoms with Gasteiger partial charge < -0.3 is 16.2 Å². The maximum atomic E-state index is 10.8. The molecule has 2 unspecified atom stereocenters. The first-order valence-corrected chi connectivity index (χ1v) is 7.68. The highest BCUT2D eigenvalue weighted by molar-refractivity contribution is 7.13. The van der Waals surface area contributed by atoms with Gasteiger partial charge in [-0.05, 0) is 17.9 Å². The fraction of sp³-hybridized carbons (Fsp3) is 0.333. The highest BCUT2D eigenvalue weighted by atomic mass is 32.1. The van der Waals surface area contributed by atoms with Crippen molar-refractivity contribution in [2.75, 3.05) is 11.9 Å². The number of carboxylic acid groups (broad SMARTS) is 1. The van der Waals surface area contributed by atoms with E-state index >= 15 is 0 Å². The quantitative estimate of drug-likeness (QED) is 0.732. The number of carbonyl (C=O) groups is 1. The van der Waals surface area contributed by atoms with Crippen molar-refractivity contribution in [2.24, 2.45) is 5.73 Å². The van der Waals surface area contributed by atoms with Crippen molar-refractivity contribution in [2.45, 2.75) is 25.3 Å². The number of hydrogen-bond acceptors (Lipinski definition) is 5. The maximum Gasteiger partial charge on any atom is 0.326 e. The summed E-state index contributed by atoms with van der Waals surface area (Å²) in [6.07, 6.45) is 0.976. The number of anilines is 1. The molecular weight excluding hydrogens is 286 g/mol. The lowest BCUT2D eigenvalue weighted by molar-refractivity contribution is -0.138. The van der Waals surface area contributed by atoms with Crippen LogP contribution in [0.15, 0.2) is 35.7 Å². The van der Waals surface area contributed by atoms with Crippen LogP contribution >= 0.6 is 11.3 Å². The Kier molecular flexibility index (Phi) is 5.30. The van der Waals surface area contributed by atoms with E-state index in [0.29, 0.717) is 16.7 Å². The zero-order valence-electron chi connectivity index (χ0n) is 11.8. The van der Waals surface area contributed by atoms with Crippen LogP contribution in [0.5, 0.6) is 0 Å². The SMILES string of the molecule is CC(CCNc1nc(C(N)C(=O)O)cs1)c1ccccc1. The van der Waals surface area contributed by atoms with Crippen LogP contribution in [0.25, 0.3) is 0 Å². The normalized spacial score (nSPS) is 13.6. The number of nitrogens with two attached hydrogens (primary N) is 1. The Labute approximate surface area is 127 Å². The standard InChI is InChI=1S/C15H19N3O2S/c1-10(11-5-3-2-4-6-11)7-8-17-15-18-12(9-21-15)13(16)14(19)20/h2-6,9-10,13H,7-8,16H2,1H3,(H,17,18)(H,19,20). The molecule has 0 aliphatic heterocycles. The molecule has 2 aromatic rings. The van der Waals surface area contributed by atoms with Crippen LogP contribution in [-0.2, 0) is 4.79 Å². The van der Waals surface area contributed by atoms with Crippen LogP contribution in [0.1, 0.15) is 36.6 Å². The Bertz CT molecular complexity index is 586. The molecule has 4 N–H and O–H groups in total. The summed E-state index contributed by atoms with van der Waals surface area (Å²) in [6, 6.07) is 9.28. The van der Waals surface area contributed by atoms with E-state index in [-0.39, 0.29) is 0 Å². The van der Waals surface area contributed by atoms with E-state index in [2.05, 4.69) is 29.4 Å². The Morgan fingerprint density at radius 2 is 2.14 bits per heavy atom.